The predicted molar refractivity (Wildman–Crippen MR) is 112 cm³/mol. The summed E-state index contributed by atoms with van der Waals surface area (Å²) in [5.74, 6) is -4.00. The summed E-state index contributed by atoms with van der Waals surface area (Å²) in [7, 11) is 0. The summed E-state index contributed by atoms with van der Waals surface area (Å²) < 4.78 is 1.56. The fraction of sp³-hybridized carbons (Fsp3) is 0.227. The molecule has 1 aromatic carbocycles. The quantitative estimate of drug-likeness (QED) is 0.566. The molecule has 160 valence electrons. The van der Waals surface area contributed by atoms with Gasteiger partial charge in [0, 0.05) is 23.7 Å². The molecule has 3 aromatic rings. The van der Waals surface area contributed by atoms with Gasteiger partial charge in [-0.2, -0.15) is 0 Å². The van der Waals surface area contributed by atoms with Crippen LogP contribution in [0.2, 0.25) is 0 Å². The van der Waals surface area contributed by atoms with Crippen molar-refractivity contribution in [1.82, 2.24) is 9.55 Å². The summed E-state index contributed by atoms with van der Waals surface area (Å²) in [6.45, 7) is 6.69. The Kier molecular flexibility index (Phi) is 5.37. The van der Waals surface area contributed by atoms with Crippen molar-refractivity contribution < 1.29 is 29.7 Å². The smallest absolute Gasteiger partial charge is 0.341 e. The molecule has 0 aliphatic carbocycles. The van der Waals surface area contributed by atoms with Crippen LogP contribution in [-0.2, 0) is 6.54 Å². The summed E-state index contributed by atoms with van der Waals surface area (Å²) in [6, 6.07) is 3.00. The lowest BCUT2D eigenvalue weighted by atomic mass is 9.89. The van der Waals surface area contributed by atoms with Gasteiger partial charge < -0.3 is 19.9 Å². The number of hydrogen-bond donors (Lipinski definition) is 3. The SMILES string of the molecule is CCn1cc(C(=O)O)c(=O)c2cc(C)c(-c3c(C(=O)O)c(C)nc(C)c3C(=O)O)cc21. The van der Waals surface area contributed by atoms with E-state index in [1.807, 2.05) is 0 Å². The Hall–Kier alpha value is -4.01. The normalized spacial score (nSPS) is 11.0. The van der Waals surface area contributed by atoms with E-state index in [1.54, 1.807) is 18.4 Å². The molecule has 31 heavy (non-hydrogen) atoms. The average Bonchev–Trinajstić information content (AvgIpc) is 2.66. The number of nitrogens with zero attached hydrogens (tertiary/aromatic N) is 2. The third kappa shape index (κ3) is 3.43. The summed E-state index contributed by atoms with van der Waals surface area (Å²) >= 11 is 0. The molecule has 0 bridgehead atoms. The Morgan fingerprint density at radius 1 is 0.935 bits per heavy atom. The van der Waals surface area contributed by atoms with Gasteiger partial charge in [0.1, 0.15) is 5.56 Å². The molecule has 0 radical (unpaired) electrons. The molecular weight excluding hydrogens is 404 g/mol. The van der Waals surface area contributed by atoms with Gasteiger partial charge >= 0.3 is 17.9 Å². The number of benzene rings is 1. The second-order valence-corrected chi connectivity index (χ2v) is 7.17. The summed E-state index contributed by atoms with van der Waals surface area (Å²) in [6.07, 6.45) is 1.23. The Morgan fingerprint density at radius 3 is 1.94 bits per heavy atom. The minimum absolute atomic E-state index is 0.00168. The second-order valence-electron chi connectivity index (χ2n) is 7.17. The van der Waals surface area contributed by atoms with Crippen LogP contribution in [0.1, 0.15) is 54.9 Å². The maximum absolute atomic E-state index is 12.7. The van der Waals surface area contributed by atoms with Gasteiger partial charge in [0.05, 0.1) is 28.0 Å². The molecule has 0 fully saturated rings. The molecule has 2 aromatic heterocycles. The molecule has 9 heteroatoms. The van der Waals surface area contributed by atoms with E-state index < -0.39 is 23.3 Å². The van der Waals surface area contributed by atoms with Crippen molar-refractivity contribution in [3.8, 4) is 11.1 Å². The Morgan fingerprint density at radius 2 is 1.48 bits per heavy atom. The third-order valence-electron chi connectivity index (χ3n) is 5.25. The molecule has 3 N–H and O–H groups in total. The first-order chi connectivity index (χ1) is 14.5. The lowest BCUT2D eigenvalue weighted by Gasteiger charge is -2.18. The highest BCUT2D eigenvalue weighted by atomic mass is 16.4. The van der Waals surface area contributed by atoms with Crippen molar-refractivity contribution in [3.05, 3.63) is 62.2 Å². The fourth-order valence-electron chi connectivity index (χ4n) is 3.87. The van der Waals surface area contributed by atoms with Gasteiger partial charge in [-0.3, -0.25) is 9.78 Å². The van der Waals surface area contributed by atoms with Crippen molar-refractivity contribution in [2.45, 2.75) is 34.2 Å². The Bertz CT molecular complexity index is 1310. The number of aryl methyl sites for hydroxylation is 4. The van der Waals surface area contributed by atoms with E-state index in [0.29, 0.717) is 23.2 Å². The molecule has 0 aliphatic heterocycles. The first kappa shape index (κ1) is 21.7. The summed E-state index contributed by atoms with van der Waals surface area (Å²) in [4.78, 5) is 52.3. The largest absolute Gasteiger partial charge is 0.478 e. The van der Waals surface area contributed by atoms with E-state index in [9.17, 15) is 34.5 Å². The highest BCUT2D eigenvalue weighted by Crippen LogP contribution is 2.35. The van der Waals surface area contributed by atoms with Gasteiger partial charge in [0.2, 0.25) is 5.43 Å². The van der Waals surface area contributed by atoms with Gasteiger partial charge in [-0.1, -0.05) is 0 Å². The number of pyridine rings is 2. The van der Waals surface area contributed by atoms with Gasteiger partial charge in [0.15, 0.2) is 0 Å². The van der Waals surface area contributed by atoms with E-state index in [4.69, 9.17) is 0 Å². The molecule has 0 saturated heterocycles. The second kappa shape index (κ2) is 7.67. The lowest BCUT2D eigenvalue weighted by molar-refractivity contribution is 0.0680. The standard InChI is InChI=1S/C22H20N2O7/c1-5-24-8-14(20(26)27)19(25)13-6-9(2)12(7-15(13)24)18-16(21(28)29)10(3)23-11(4)17(18)22(30)31/h6-8H,5H2,1-4H3,(H,26,27)(H,28,29)(H,30,31). The van der Waals surface area contributed by atoms with E-state index in [2.05, 4.69) is 4.98 Å². The molecule has 0 saturated carbocycles. The minimum Gasteiger partial charge on any atom is -0.478 e. The first-order valence-electron chi connectivity index (χ1n) is 9.38. The van der Waals surface area contributed by atoms with E-state index >= 15 is 0 Å². The zero-order valence-electron chi connectivity index (χ0n) is 17.3. The molecule has 0 atom stereocenters. The van der Waals surface area contributed by atoms with Gasteiger partial charge in [0.25, 0.3) is 0 Å². The number of carbonyl (C=O) groups is 3. The zero-order valence-corrected chi connectivity index (χ0v) is 17.3. The highest BCUT2D eigenvalue weighted by Gasteiger charge is 2.27. The van der Waals surface area contributed by atoms with Crippen molar-refractivity contribution in [1.29, 1.82) is 0 Å². The van der Waals surface area contributed by atoms with Crippen LogP contribution in [0.4, 0.5) is 0 Å². The number of carboxylic acids is 3. The molecular formula is C22H20N2O7. The molecule has 0 spiro atoms. The zero-order chi connectivity index (χ0) is 23.2. The highest BCUT2D eigenvalue weighted by molar-refractivity contribution is 6.07. The summed E-state index contributed by atoms with van der Waals surface area (Å²) in [5, 5.41) is 29.1. The summed E-state index contributed by atoms with van der Waals surface area (Å²) in [5.41, 5.74) is -0.0614. The van der Waals surface area contributed by atoms with Crippen LogP contribution in [0.5, 0.6) is 0 Å². The molecule has 9 nitrogen and oxygen atoms in total. The van der Waals surface area contributed by atoms with Crippen LogP contribution in [0.15, 0.2) is 23.1 Å². The van der Waals surface area contributed by atoms with Crippen molar-refractivity contribution in [2.75, 3.05) is 0 Å². The van der Waals surface area contributed by atoms with Crippen LogP contribution < -0.4 is 5.43 Å². The van der Waals surface area contributed by atoms with Crippen molar-refractivity contribution >= 4 is 28.8 Å². The molecule has 3 rings (SSSR count). The van der Waals surface area contributed by atoms with Gasteiger partial charge in [-0.15, -0.1) is 0 Å². The van der Waals surface area contributed by atoms with Crippen LogP contribution in [0.3, 0.4) is 0 Å². The molecule has 0 unspecified atom stereocenters. The number of rotatable bonds is 5. The van der Waals surface area contributed by atoms with E-state index in [-0.39, 0.29) is 39.0 Å². The minimum atomic E-state index is -1.35. The van der Waals surface area contributed by atoms with Crippen molar-refractivity contribution in [2.24, 2.45) is 0 Å². The maximum Gasteiger partial charge on any atom is 0.341 e. The van der Waals surface area contributed by atoms with Crippen LogP contribution >= 0.6 is 0 Å². The number of aromatic nitrogens is 2. The van der Waals surface area contributed by atoms with Gasteiger partial charge in [-0.25, -0.2) is 14.4 Å². The number of fused-ring (bicyclic) bond motifs is 1. The van der Waals surface area contributed by atoms with Crippen LogP contribution in [0, 0.1) is 20.8 Å². The Balaban J connectivity index is 2.56. The number of aromatic carboxylic acids is 3. The topological polar surface area (TPSA) is 147 Å². The average molecular weight is 424 g/mol. The number of hydrogen-bond acceptors (Lipinski definition) is 5. The third-order valence-corrected chi connectivity index (χ3v) is 5.25. The van der Waals surface area contributed by atoms with Gasteiger partial charge in [-0.05, 0) is 51.0 Å². The predicted octanol–water partition coefficient (Wildman–Crippen LogP) is 3.10. The number of carboxylic acid groups (broad SMARTS) is 3. The Labute approximate surface area is 176 Å². The fourth-order valence-corrected chi connectivity index (χ4v) is 3.87. The lowest BCUT2D eigenvalue weighted by Crippen LogP contribution is -2.19. The van der Waals surface area contributed by atoms with Crippen LogP contribution in [0.25, 0.3) is 22.0 Å². The molecule has 2 heterocycles. The maximum atomic E-state index is 12.7. The van der Waals surface area contributed by atoms with E-state index in [0.717, 1.165) is 0 Å². The van der Waals surface area contributed by atoms with E-state index in [1.165, 1.54) is 32.2 Å². The van der Waals surface area contributed by atoms with Crippen LogP contribution in [-0.4, -0.2) is 42.8 Å². The molecule has 0 aliphatic rings. The molecule has 0 amide bonds. The van der Waals surface area contributed by atoms with Crippen molar-refractivity contribution in [3.63, 3.8) is 0 Å². The monoisotopic (exact) mass is 424 g/mol. The first-order valence-corrected chi connectivity index (χ1v) is 9.38.